The highest BCUT2D eigenvalue weighted by molar-refractivity contribution is 6.05. The fourth-order valence-electron chi connectivity index (χ4n) is 3.72. The number of carbonyl (C=O) groups excluding carboxylic acids is 1. The number of nitrogens with one attached hydrogen (secondary N) is 1. The number of hydrogen-bond donors (Lipinski definition) is 1. The van der Waals surface area contributed by atoms with Crippen molar-refractivity contribution in [2.45, 2.75) is 26.4 Å². The minimum atomic E-state index is -4.75. The van der Waals surface area contributed by atoms with Gasteiger partial charge in [0, 0.05) is 24.5 Å². The van der Waals surface area contributed by atoms with E-state index in [0.29, 0.717) is 5.69 Å². The molecule has 1 aromatic heterocycles. The highest BCUT2D eigenvalue weighted by Gasteiger charge is 2.40. The standard InChI is InChI=1S/C22H21F3N4O/c1-3-28-11-10-15-6-7-16(12-19(15)28)27-21(30)18-13-26-29(20(18)22(23,24)25)17-8-4-14(2)5-9-17/h4-9,12-13H,3,10-11H2,1-2H3,(H,27,30). The van der Waals surface area contributed by atoms with E-state index >= 15 is 0 Å². The van der Waals surface area contributed by atoms with Crippen LogP contribution in [-0.4, -0.2) is 28.8 Å². The molecule has 0 saturated carbocycles. The van der Waals surface area contributed by atoms with Gasteiger partial charge in [-0.1, -0.05) is 23.8 Å². The van der Waals surface area contributed by atoms with Gasteiger partial charge < -0.3 is 10.2 Å². The van der Waals surface area contributed by atoms with Crippen molar-refractivity contribution in [1.29, 1.82) is 0 Å². The molecule has 1 amide bonds. The lowest BCUT2D eigenvalue weighted by atomic mass is 10.1. The smallest absolute Gasteiger partial charge is 0.371 e. The van der Waals surface area contributed by atoms with Crippen molar-refractivity contribution in [3.8, 4) is 5.69 Å². The third-order valence-corrected chi connectivity index (χ3v) is 5.28. The molecular weight excluding hydrogens is 393 g/mol. The average molecular weight is 414 g/mol. The Hall–Kier alpha value is -3.29. The van der Waals surface area contributed by atoms with Crippen molar-refractivity contribution in [2.75, 3.05) is 23.3 Å². The number of benzene rings is 2. The topological polar surface area (TPSA) is 50.2 Å². The second-order valence-electron chi connectivity index (χ2n) is 7.28. The first kappa shape index (κ1) is 20.0. The van der Waals surface area contributed by atoms with Crippen LogP contribution in [0.5, 0.6) is 0 Å². The molecule has 1 N–H and O–H groups in total. The number of halogens is 3. The second-order valence-corrected chi connectivity index (χ2v) is 7.28. The number of anilines is 2. The minimum absolute atomic E-state index is 0.239. The van der Waals surface area contributed by atoms with Crippen LogP contribution < -0.4 is 10.2 Å². The van der Waals surface area contributed by atoms with E-state index in [1.54, 1.807) is 36.4 Å². The number of nitrogens with zero attached hydrogens (tertiary/aromatic N) is 3. The summed E-state index contributed by atoms with van der Waals surface area (Å²) in [6.07, 6.45) is -2.87. The molecule has 5 nitrogen and oxygen atoms in total. The van der Waals surface area contributed by atoms with Gasteiger partial charge in [0.25, 0.3) is 5.91 Å². The van der Waals surface area contributed by atoms with Gasteiger partial charge in [0.05, 0.1) is 17.4 Å². The second kappa shape index (κ2) is 7.51. The zero-order chi connectivity index (χ0) is 21.5. The summed E-state index contributed by atoms with van der Waals surface area (Å²) in [4.78, 5) is 14.9. The van der Waals surface area contributed by atoms with Crippen LogP contribution in [0.3, 0.4) is 0 Å². The summed E-state index contributed by atoms with van der Waals surface area (Å²) < 4.78 is 42.3. The molecule has 3 aromatic rings. The Bertz CT molecular complexity index is 1090. The van der Waals surface area contributed by atoms with Crippen LogP contribution in [0.1, 0.15) is 34.1 Å². The molecule has 2 aromatic carbocycles. The Balaban J connectivity index is 1.67. The molecule has 156 valence electrons. The zero-order valence-electron chi connectivity index (χ0n) is 16.6. The van der Waals surface area contributed by atoms with Gasteiger partial charge in [-0.3, -0.25) is 4.79 Å². The monoisotopic (exact) mass is 414 g/mol. The van der Waals surface area contributed by atoms with Crippen molar-refractivity contribution >= 4 is 17.3 Å². The molecule has 1 aliphatic heterocycles. The quantitative estimate of drug-likeness (QED) is 0.665. The molecule has 4 rings (SSSR count). The zero-order valence-corrected chi connectivity index (χ0v) is 16.6. The fraction of sp³-hybridized carbons (Fsp3) is 0.273. The van der Waals surface area contributed by atoms with Crippen molar-refractivity contribution in [1.82, 2.24) is 9.78 Å². The Morgan fingerprint density at radius 2 is 1.90 bits per heavy atom. The van der Waals surface area contributed by atoms with Gasteiger partial charge in [-0.05, 0) is 50.1 Å². The van der Waals surface area contributed by atoms with Gasteiger partial charge in [-0.2, -0.15) is 18.3 Å². The SMILES string of the molecule is CCN1CCc2ccc(NC(=O)c3cnn(-c4ccc(C)cc4)c3C(F)(F)F)cc21. The van der Waals surface area contributed by atoms with Crippen LogP contribution in [0.4, 0.5) is 24.5 Å². The van der Waals surface area contributed by atoms with E-state index in [1.165, 1.54) is 0 Å². The van der Waals surface area contributed by atoms with E-state index < -0.39 is 23.3 Å². The predicted molar refractivity (Wildman–Crippen MR) is 109 cm³/mol. The molecule has 0 spiro atoms. The van der Waals surface area contributed by atoms with Crippen molar-refractivity contribution in [3.63, 3.8) is 0 Å². The van der Waals surface area contributed by atoms with Crippen LogP contribution in [0.25, 0.3) is 5.69 Å². The first-order valence-corrected chi connectivity index (χ1v) is 9.69. The van der Waals surface area contributed by atoms with Gasteiger partial charge in [-0.15, -0.1) is 0 Å². The molecule has 0 atom stereocenters. The summed E-state index contributed by atoms with van der Waals surface area (Å²) in [5.41, 5.74) is 2.16. The Morgan fingerprint density at radius 3 is 2.57 bits per heavy atom. The Labute approximate surface area is 172 Å². The molecular formula is C22H21F3N4O. The average Bonchev–Trinajstić information content (AvgIpc) is 3.32. The lowest BCUT2D eigenvalue weighted by Gasteiger charge is -2.17. The summed E-state index contributed by atoms with van der Waals surface area (Å²) >= 11 is 0. The number of aryl methyl sites for hydroxylation is 1. The fourth-order valence-corrected chi connectivity index (χ4v) is 3.72. The molecule has 8 heteroatoms. The number of alkyl halides is 3. The number of aromatic nitrogens is 2. The van der Waals surface area contributed by atoms with Crippen LogP contribution in [0.2, 0.25) is 0 Å². The van der Waals surface area contributed by atoms with Gasteiger partial charge in [-0.25, -0.2) is 4.68 Å². The van der Waals surface area contributed by atoms with E-state index in [4.69, 9.17) is 0 Å². The van der Waals surface area contributed by atoms with E-state index in [9.17, 15) is 18.0 Å². The third kappa shape index (κ3) is 3.65. The number of rotatable bonds is 4. The number of fused-ring (bicyclic) bond motifs is 1. The van der Waals surface area contributed by atoms with Crippen LogP contribution in [0.15, 0.2) is 48.7 Å². The maximum absolute atomic E-state index is 13.8. The molecule has 0 fully saturated rings. The Morgan fingerprint density at radius 1 is 1.17 bits per heavy atom. The highest BCUT2D eigenvalue weighted by Crippen LogP contribution is 2.35. The lowest BCUT2D eigenvalue weighted by Crippen LogP contribution is -2.21. The lowest BCUT2D eigenvalue weighted by molar-refractivity contribution is -0.143. The molecule has 0 unspecified atom stereocenters. The summed E-state index contributed by atoms with van der Waals surface area (Å²) in [5, 5.41) is 6.46. The highest BCUT2D eigenvalue weighted by atomic mass is 19.4. The maximum atomic E-state index is 13.8. The van der Waals surface area contributed by atoms with E-state index in [1.807, 2.05) is 19.9 Å². The first-order chi connectivity index (χ1) is 14.3. The molecule has 2 heterocycles. The van der Waals surface area contributed by atoms with Crippen molar-refractivity contribution in [2.24, 2.45) is 0 Å². The normalized spacial score (nSPS) is 13.4. The summed E-state index contributed by atoms with van der Waals surface area (Å²) in [6.45, 7) is 5.60. The molecule has 0 radical (unpaired) electrons. The van der Waals surface area contributed by atoms with Gasteiger partial charge >= 0.3 is 6.18 Å². The summed E-state index contributed by atoms with van der Waals surface area (Å²) in [5.74, 6) is -0.846. The van der Waals surface area contributed by atoms with E-state index in [-0.39, 0.29) is 5.69 Å². The molecule has 0 bridgehead atoms. The van der Waals surface area contributed by atoms with Crippen LogP contribution in [-0.2, 0) is 12.6 Å². The van der Waals surface area contributed by atoms with E-state index in [2.05, 4.69) is 15.3 Å². The van der Waals surface area contributed by atoms with Crippen LogP contribution in [0, 0.1) is 6.92 Å². The van der Waals surface area contributed by atoms with E-state index in [0.717, 1.165) is 47.2 Å². The first-order valence-electron chi connectivity index (χ1n) is 9.69. The van der Waals surface area contributed by atoms with Crippen molar-refractivity contribution < 1.29 is 18.0 Å². The summed E-state index contributed by atoms with van der Waals surface area (Å²) in [6, 6.07) is 11.9. The van der Waals surface area contributed by atoms with Crippen LogP contribution >= 0.6 is 0 Å². The minimum Gasteiger partial charge on any atom is -0.371 e. The Kier molecular flexibility index (Phi) is 5.01. The van der Waals surface area contributed by atoms with Gasteiger partial charge in [0.1, 0.15) is 0 Å². The molecule has 0 aliphatic carbocycles. The number of carbonyl (C=O) groups is 1. The number of amides is 1. The van der Waals surface area contributed by atoms with Gasteiger partial charge in [0.15, 0.2) is 5.69 Å². The number of likely N-dealkylation sites (N-methyl/N-ethyl adjacent to an activating group) is 1. The number of hydrogen-bond acceptors (Lipinski definition) is 3. The predicted octanol–water partition coefficient (Wildman–Crippen LogP) is 4.83. The molecule has 0 saturated heterocycles. The van der Waals surface area contributed by atoms with Gasteiger partial charge in [0.2, 0.25) is 0 Å². The largest absolute Gasteiger partial charge is 0.434 e. The maximum Gasteiger partial charge on any atom is 0.434 e. The third-order valence-electron chi connectivity index (χ3n) is 5.28. The molecule has 30 heavy (non-hydrogen) atoms. The molecule has 1 aliphatic rings. The summed E-state index contributed by atoms with van der Waals surface area (Å²) in [7, 11) is 0. The van der Waals surface area contributed by atoms with Crippen molar-refractivity contribution in [3.05, 3.63) is 71.0 Å².